The van der Waals surface area contributed by atoms with Gasteiger partial charge in [0.05, 0.1) is 41.6 Å². The minimum atomic E-state index is -4.17. The van der Waals surface area contributed by atoms with Crippen molar-refractivity contribution in [2.75, 3.05) is 24.3 Å². The van der Waals surface area contributed by atoms with Crippen molar-refractivity contribution in [3.8, 4) is 5.75 Å². The van der Waals surface area contributed by atoms with Gasteiger partial charge in [-0.1, -0.05) is 24.3 Å². The molecule has 0 aliphatic rings. The lowest BCUT2D eigenvalue weighted by molar-refractivity contribution is 0.0602. The molecule has 32 heavy (non-hydrogen) atoms. The molecule has 3 rings (SSSR count). The van der Waals surface area contributed by atoms with Crippen molar-refractivity contribution in [3.63, 3.8) is 0 Å². The molecule has 0 aromatic heterocycles. The number of ether oxygens (including phenoxy) is 2. The van der Waals surface area contributed by atoms with Gasteiger partial charge in [-0.25, -0.2) is 17.6 Å². The summed E-state index contributed by atoms with van der Waals surface area (Å²) in [6, 6.07) is 15.1. The van der Waals surface area contributed by atoms with Crippen LogP contribution in [0.25, 0.3) is 0 Å². The smallest absolute Gasteiger partial charge is 0.339 e. The Bertz CT molecular complexity index is 1280. The number of carbonyl (C=O) groups excluding carboxylic acids is 2. The molecule has 0 aliphatic carbocycles. The molecule has 0 bridgehead atoms. The topological polar surface area (TPSA) is 111 Å². The van der Waals surface area contributed by atoms with Crippen LogP contribution in [0.15, 0.2) is 71.6 Å². The lowest BCUT2D eigenvalue weighted by Gasteiger charge is -2.15. The Morgan fingerprint density at radius 1 is 0.875 bits per heavy atom. The van der Waals surface area contributed by atoms with Crippen molar-refractivity contribution in [2.45, 2.75) is 4.90 Å². The third kappa shape index (κ3) is 4.86. The minimum Gasteiger partial charge on any atom is -0.495 e. The summed E-state index contributed by atoms with van der Waals surface area (Å²) in [4.78, 5) is 24.2. The van der Waals surface area contributed by atoms with E-state index in [2.05, 4.69) is 14.8 Å². The van der Waals surface area contributed by atoms with Gasteiger partial charge in [-0.2, -0.15) is 0 Å². The van der Waals surface area contributed by atoms with Crippen molar-refractivity contribution in [3.05, 3.63) is 83.7 Å². The second-order valence-electron chi connectivity index (χ2n) is 6.44. The zero-order valence-corrected chi connectivity index (χ0v) is 17.9. The van der Waals surface area contributed by atoms with Gasteiger partial charge in [0.2, 0.25) is 0 Å². The number of hydrogen-bond donors (Lipinski definition) is 2. The molecule has 8 nitrogen and oxygen atoms in total. The van der Waals surface area contributed by atoms with E-state index in [9.17, 15) is 22.4 Å². The van der Waals surface area contributed by atoms with Gasteiger partial charge in [-0.3, -0.25) is 9.52 Å². The summed E-state index contributed by atoms with van der Waals surface area (Å²) in [6.07, 6.45) is 0. The maximum absolute atomic E-state index is 13.9. The maximum atomic E-state index is 13.9. The first kappa shape index (κ1) is 22.8. The van der Waals surface area contributed by atoms with Crippen LogP contribution < -0.4 is 14.8 Å². The Labute approximate surface area is 184 Å². The first-order chi connectivity index (χ1) is 15.3. The number of carbonyl (C=O) groups is 2. The van der Waals surface area contributed by atoms with Gasteiger partial charge in [-0.05, 0) is 42.5 Å². The van der Waals surface area contributed by atoms with Gasteiger partial charge in [0, 0.05) is 0 Å². The standard InChI is InChI=1S/C22H19FN2O6S/c1-30-20-12-11-14(13-19(20)24-21(26)15-7-3-5-9-17(15)23)32(28,29)25-18-10-6-4-8-16(18)22(27)31-2/h3-13,25H,1-2H3,(H,24,26). The first-order valence-electron chi connectivity index (χ1n) is 9.21. The molecule has 0 radical (unpaired) electrons. The van der Waals surface area contributed by atoms with E-state index in [4.69, 9.17) is 4.74 Å². The molecule has 2 N–H and O–H groups in total. The Balaban J connectivity index is 1.95. The van der Waals surface area contributed by atoms with E-state index >= 15 is 0 Å². The SMILES string of the molecule is COC(=O)c1ccccc1NS(=O)(=O)c1ccc(OC)c(NC(=O)c2ccccc2F)c1. The minimum absolute atomic E-state index is 0.0184. The van der Waals surface area contributed by atoms with Crippen molar-refractivity contribution in [1.82, 2.24) is 0 Å². The zero-order valence-electron chi connectivity index (χ0n) is 17.1. The summed E-state index contributed by atoms with van der Waals surface area (Å²) in [5.41, 5.74) is -0.148. The largest absolute Gasteiger partial charge is 0.495 e. The number of benzene rings is 3. The number of anilines is 2. The normalized spacial score (nSPS) is 10.8. The molecular weight excluding hydrogens is 439 g/mol. The molecule has 166 valence electrons. The summed E-state index contributed by atoms with van der Waals surface area (Å²) in [7, 11) is -1.65. The summed E-state index contributed by atoms with van der Waals surface area (Å²) in [6.45, 7) is 0. The second kappa shape index (κ2) is 9.48. The molecule has 1 amide bonds. The van der Waals surface area contributed by atoms with Gasteiger partial charge < -0.3 is 14.8 Å². The van der Waals surface area contributed by atoms with Crippen LogP contribution in [-0.2, 0) is 14.8 Å². The average molecular weight is 458 g/mol. The zero-order chi connectivity index (χ0) is 23.3. The Morgan fingerprint density at radius 3 is 2.19 bits per heavy atom. The highest BCUT2D eigenvalue weighted by atomic mass is 32.2. The van der Waals surface area contributed by atoms with Gasteiger partial charge in [0.25, 0.3) is 15.9 Å². The molecule has 10 heteroatoms. The third-order valence-corrected chi connectivity index (χ3v) is 5.79. The van der Waals surface area contributed by atoms with Crippen LogP contribution in [0.5, 0.6) is 5.75 Å². The molecule has 0 fully saturated rings. The Hall–Kier alpha value is -3.92. The fraction of sp³-hybridized carbons (Fsp3) is 0.0909. The number of amides is 1. The second-order valence-corrected chi connectivity index (χ2v) is 8.12. The number of rotatable bonds is 7. The van der Waals surface area contributed by atoms with E-state index in [1.165, 1.54) is 62.8 Å². The molecule has 0 unspecified atom stereocenters. The van der Waals surface area contributed by atoms with Crippen LogP contribution in [0.2, 0.25) is 0 Å². The highest BCUT2D eigenvalue weighted by Crippen LogP contribution is 2.30. The van der Waals surface area contributed by atoms with Crippen molar-refractivity contribution >= 4 is 33.3 Å². The van der Waals surface area contributed by atoms with Gasteiger partial charge in [0.1, 0.15) is 11.6 Å². The highest BCUT2D eigenvalue weighted by molar-refractivity contribution is 7.92. The highest BCUT2D eigenvalue weighted by Gasteiger charge is 2.21. The van der Waals surface area contributed by atoms with Gasteiger partial charge in [-0.15, -0.1) is 0 Å². The van der Waals surface area contributed by atoms with E-state index < -0.39 is 27.7 Å². The molecule has 0 atom stereocenters. The van der Waals surface area contributed by atoms with E-state index in [1.54, 1.807) is 12.1 Å². The number of halogens is 1. The monoisotopic (exact) mass is 458 g/mol. The predicted molar refractivity (Wildman–Crippen MR) is 116 cm³/mol. The summed E-state index contributed by atoms with van der Waals surface area (Å²) < 4.78 is 52.0. The molecule has 3 aromatic carbocycles. The molecule has 0 spiro atoms. The molecule has 0 heterocycles. The molecular formula is C22H19FN2O6S. The van der Waals surface area contributed by atoms with Crippen LogP contribution in [0.3, 0.4) is 0 Å². The average Bonchev–Trinajstić information content (AvgIpc) is 2.78. The number of esters is 1. The molecule has 0 saturated carbocycles. The Kier molecular flexibility index (Phi) is 6.74. The molecule has 3 aromatic rings. The van der Waals surface area contributed by atoms with E-state index in [0.29, 0.717) is 0 Å². The number of nitrogens with one attached hydrogen (secondary N) is 2. The number of sulfonamides is 1. The number of para-hydroxylation sites is 1. The van der Waals surface area contributed by atoms with Crippen LogP contribution in [-0.4, -0.2) is 34.5 Å². The summed E-state index contributed by atoms with van der Waals surface area (Å²) >= 11 is 0. The van der Waals surface area contributed by atoms with Crippen molar-refractivity contribution < 1.29 is 31.9 Å². The quantitative estimate of drug-likeness (QED) is 0.523. The van der Waals surface area contributed by atoms with Crippen LogP contribution in [0.4, 0.5) is 15.8 Å². The third-order valence-electron chi connectivity index (χ3n) is 4.42. The predicted octanol–water partition coefficient (Wildman–Crippen LogP) is 3.67. The number of hydrogen-bond acceptors (Lipinski definition) is 6. The van der Waals surface area contributed by atoms with Crippen LogP contribution in [0.1, 0.15) is 20.7 Å². The van der Waals surface area contributed by atoms with Gasteiger partial charge in [0.15, 0.2) is 0 Å². The molecule has 0 aliphatic heterocycles. The van der Waals surface area contributed by atoms with E-state index in [-0.39, 0.29) is 33.1 Å². The van der Waals surface area contributed by atoms with Gasteiger partial charge >= 0.3 is 5.97 Å². The van der Waals surface area contributed by atoms with Crippen molar-refractivity contribution in [2.24, 2.45) is 0 Å². The van der Waals surface area contributed by atoms with E-state index in [0.717, 1.165) is 6.07 Å². The maximum Gasteiger partial charge on any atom is 0.339 e. The van der Waals surface area contributed by atoms with Crippen LogP contribution >= 0.6 is 0 Å². The number of methoxy groups -OCH3 is 2. The Morgan fingerprint density at radius 2 is 1.53 bits per heavy atom. The fourth-order valence-corrected chi connectivity index (χ4v) is 3.96. The fourth-order valence-electron chi connectivity index (χ4n) is 2.85. The molecule has 0 saturated heterocycles. The van der Waals surface area contributed by atoms with Crippen molar-refractivity contribution in [1.29, 1.82) is 0 Å². The van der Waals surface area contributed by atoms with Crippen LogP contribution in [0, 0.1) is 5.82 Å². The van der Waals surface area contributed by atoms with E-state index in [1.807, 2.05) is 0 Å². The first-order valence-corrected chi connectivity index (χ1v) is 10.7. The lowest BCUT2D eigenvalue weighted by Crippen LogP contribution is -2.18. The summed E-state index contributed by atoms with van der Waals surface area (Å²) in [5.74, 6) is -2.05. The lowest BCUT2D eigenvalue weighted by atomic mass is 10.2. The summed E-state index contributed by atoms with van der Waals surface area (Å²) in [5, 5.41) is 2.46.